The molecule has 88 valence electrons. The third-order valence-electron chi connectivity index (χ3n) is 3.10. The summed E-state index contributed by atoms with van der Waals surface area (Å²) in [7, 11) is 0. The fourth-order valence-electron chi connectivity index (χ4n) is 1.85. The molecule has 1 aromatic carbocycles. The summed E-state index contributed by atoms with van der Waals surface area (Å²) >= 11 is 0. The topological polar surface area (TPSA) is 29.5 Å². The van der Waals surface area contributed by atoms with Crippen LogP contribution in [0.25, 0.3) is 0 Å². The molecular formula is C14H20O2. The van der Waals surface area contributed by atoms with Crippen LogP contribution in [0.15, 0.2) is 18.2 Å². The molecule has 1 aliphatic carbocycles. The molecule has 1 N–H and O–H groups in total. The summed E-state index contributed by atoms with van der Waals surface area (Å²) in [5, 5.41) is 9.64. The summed E-state index contributed by atoms with van der Waals surface area (Å²) in [4.78, 5) is 0. The van der Waals surface area contributed by atoms with E-state index in [4.69, 9.17) is 4.74 Å². The van der Waals surface area contributed by atoms with E-state index in [9.17, 15) is 5.11 Å². The van der Waals surface area contributed by atoms with Crippen molar-refractivity contribution in [1.29, 1.82) is 0 Å². The molecule has 0 heterocycles. The Hall–Kier alpha value is -1.02. The molecule has 0 amide bonds. The summed E-state index contributed by atoms with van der Waals surface area (Å²) in [6, 6.07) is 5.97. The first-order chi connectivity index (χ1) is 7.66. The van der Waals surface area contributed by atoms with E-state index in [0.717, 1.165) is 30.3 Å². The van der Waals surface area contributed by atoms with Crippen LogP contribution in [-0.4, -0.2) is 11.7 Å². The van der Waals surface area contributed by atoms with Gasteiger partial charge in [-0.1, -0.05) is 25.0 Å². The number of aliphatic hydroxyl groups is 1. The second kappa shape index (κ2) is 4.88. The van der Waals surface area contributed by atoms with Gasteiger partial charge in [-0.15, -0.1) is 0 Å². The number of benzene rings is 1. The summed E-state index contributed by atoms with van der Waals surface area (Å²) in [5.41, 5.74) is 2.06. The summed E-state index contributed by atoms with van der Waals surface area (Å²) in [5.74, 6) is 1.73. The highest BCUT2D eigenvalue weighted by Crippen LogP contribution is 2.33. The van der Waals surface area contributed by atoms with Crippen molar-refractivity contribution in [1.82, 2.24) is 0 Å². The molecule has 0 aromatic heterocycles. The van der Waals surface area contributed by atoms with Crippen LogP contribution < -0.4 is 4.74 Å². The lowest BCUT2D eigenvalue weighted by atomic mass is 10.1. The van der Waals surface area contributed by atoms with Gasteiger partial charge in [-0.2, -0.15) is 0 Å². The Morgan fingerprint density at radius 1 is 1.44 bits per heavy atom. The summed E-state index contributed by atoms with van der Waals surface area (Å²) < 4.78 is 5.77. The van der Waals surface area contributed by atoms with Crippen LogP contribution in [0.5, 0.6) is 5.75 Å². The highest BCUT2D eigenvalue weighted by Gasteiger charge is 2.21. The molecule has 1 saturated carbocycles. The number of hydrogen-bond acceptors (Lipinski definition) is 2. The van der Waals surface area contributed by atoms with E-state index in [1.54, 1.807) is 6.92 Å². The Bertz CT molecular complexity index is 354. The zero-order valence-electron chi connectivity index (χ0n) is 10.1. The van der Waals surface area contributed by atoms with Crippen LogP contribution >= 0.6 is 0 Å². The van der Waals surface area contributed by atoms with Crippen LogP contribution in [-0.2, 0) is 0 Å². The lowest BCUT2D eigenvalue weighted by molar-refractivity contribution is 0.190. The second-order valence-corrected chi connectivity index (χ2v) is 4.80. The minimum Gasteiger partial charge on any atom is -0.493 e. The Morgan fingerprint density at radius 2 is 2.19 bits per heavy atom. The lowest BCUT2D eigenvalue weighted by Crippen LogP contribution is -2.03. The van der Waals surface area contributed by atoms with Gasteiger partial charge in [0.2, 0.25) is 0 Å². The van der Waals surface area contributed by atoms with Gasteiger partial charge in [0.1, 0.15) is 5.75 Å². The van der Waals surface area contributed by atoms with Crippen molar-refractivity contribution in [2.24, 2.45) is 5.92 Å². The molecule has 0 bridgehead atoms. The van der Waals surface area contributed by atoms with Gasteiger partial charge in [0.05, 0.1) is 12.7 Å². The largest absolute Gasteiger partial charge is 0.493 e. The monoisotopic (exact) mass is 220 g/mol. The highest BCUT2D eigenvalue weighted by molar-refractivity contribution is 5.38. The standard InChI is InChI=1S/C14H20O2/c1-10-3-6-13(11(2)15)14(9-10)16-8-7-12-4-5-12/h3,6,9,11-12,15H,4-5,7-8H2,1-2H3/t11-/m0/s1. The first-order valence-electron chi connectivity index (χ1n) is 6.08. The molecule has 1 aliphatic rings. The number of aryl methyl sites for hydroxylation is 1. The van der Waals surface area contributed by atoms with Gasteiger partial charge in [-0.3, -0.25) is 0 Å². The van der Waals surface area contributed by atoms with Crippen molar-refractivity contribution in [2.45, 2.75) is 39.2 Å². The maximum absolute atomic E-state index is 9.64. The Balaban J connectivity index is 2.00. The van der Waals surface area contributed by atoms with E-state index in [1.807, 2.05) is 25.1 Å². The number of ether oxygens (including phenoxy) is 1. The SMILES string of the molecule is Cc1ccc([C@H](C)O)c(OCCC2CC2)c1. The second-order valence-electron chi connectivity index (χ2n) is 4.80. The molecule has 2 nitrogen and oxygen atoms in total. The third kappa shape index (κ3) is 2.99. The molecule has 1 atom stereocenters. The van der Waals surface area contributed by atoms with Gasteiger partial charge in [-0.05, 0) is 37.8 Å². The van der Waals surface area contributed by atoms with Crippen molar-refractivity contribution >= 4 is 0 Å². The molecule has 0 unspecified atom stereocenters. The quantitative estimate of drug-likeness (QED) is 0.825. The van der Waals surface area contributed by atoms with Crippen molar-refractivity contribution < 1.29 is 9.84 Å². The third-order valence-corrected chi connectivity index (χ3v) is 3.10. The molecule has 0 saturated heterocycles. The molecule has 1 fully saturated rings. The summed E-state index contributed by atoms with van der Waals surface area (Å²) in [6.45, 7) is 4.59. The average Bonchev–Trinajstić information content (AvgIpc) is 3.01. The van der Waals surface area contributed by atoms with Crippen molar-refractivity contribution in [3.63, 3.8) is 0 Å². The normalized spacial score (nSPS) is 17.2. The van der Waals surface area contributed by atoms with Gasteiger partial charge in [-0.25, -0.2) is 0 Å². The first kappa shape index (κ1) is 11.5. The van der Waals surface area contributed by atoms with E-state index in [-0.39, 0.29) is 0 Å². The van der Waals surface area contributed by atoms with E-state index < -0.39 is 6.10 Å². The van der Waals surface area contributed by atoms with Crippen molar-refractivity contribution in [2.75, 3.05) is 6.61 Å². The molecule has 0 aliphatic heterocycles. The van der Waals surface area contributed by atoms with Crippen molar-refractivity contribution in [3.8, 4) is 5.75 Å². The van der Waals surface area contributed by atoms with Gasteiger partial charge in [0, 0.05) is 5.56 Å². The van der Waals surface area contributed by atoms with E-state index in [0.29, 0.717) is 0 Å². The van der Waals surface area contributed by atoms with Crippen LogP contribution in [0.3, 0.4) is 0 Å². The summed E-state index contributed by atoms with van der Waals surface area (Å²) in [6.07, 6.45) is 3.41. The predicted octanol–water partition coefficient (Wildman–Crippen LogP) is 3.23. The van der Waals surface area contributed by atoms with Gasteiger partial charge < -0.3 is 9.84 Å². The maximum Gasteiger partial charge on any atom is 0.125 e. The number of aliphatic hydroxyl groups excluding tert-OH is 1. The smallest absolute Gasteiger partial charge is 0.125 e. The molecular weight excluding hydrogens is 200 g/mol. The predicted molar refractivity (Wildman–Crippen MR) is 64.6 cm³/mol. The Kier molecular flexibility index (Phi) is 3.49. The number of rotatable bonds is 5. The molecule has 16 heavy (non-hydrogen) atoms. The molecule has 2 heteroatoms. The minimum atomic E-state index is -0.462. The fraction of sp³-hybridized carbons (Fsp3) is 0.571. The fourth-order valence-corrected chi connectivity index (χ4v) is 1.85. The molecule has 2 rings (SSSR count). The number of hydrogen-bond donors (Lipinski definition) is 1. The minimum absolute atomic E-state index is 0.462. The highest BCUT2D eigenvalue weighted by atomic mass is 16.5. The molecule has 1 aromatic rings. The Labute approximate surface area is 97.3 Å². The average molecular weight is 220 g/mol. The Morgan fingerprint density at radius 3 is 2.81 bits per heavy atom. The van der Waals surface area contributed by atoms with Crippen LogP contribution in [0.4, 0.5) is 0 Å². The lowest BCUT2D eigenvalue weighted by Gasteiger charge is -2.14. The van der Waals surface area contributed by atoms with Crippen LogP contribution in [0.2, 0.25) is 0 Å². The molecule has 0 radical (unpaired) electrons. The van der Waals surface area contributed by atoms with Gasteiger partial charge >= 0.3 is 0 Å². The maximum atomic E-state index is 9.64. The first-order valence-corrected chi connectivity index (χ1v) is 6.08. The van der Waals surface area contributed by atoms with E-state index in [1.165, 1.54) is 18.4 Å². The van der Waals surface area contributed by atoms with E-state index in [2.05, 4.69) is 0 Å². The van der Waals surface area contributed by atoms with Gasteiger partial charge in [0.15, 0.2) is 0 Å². The van der Waals surface area contributed by atoms with Crippen LogP contribution in [0, 0.1) is 12.8 Å². The van der Waals surface area contributed by atoms with Gasteiger partial charge in [0.25, 0.3) is 0 Å². The zero-order chi connectivity index (χ0) is 11.5. The van der Waals surface area contributed by atoms with Crippen molar-refractivity contribution in [3.05, 3.63) is 29.3 Å². The zero-order valence-corrected chi connectivity index (χ0v) is 10.1. The molecule has 0 spiro atoms. The van der Waals surface area contributed by atoms with Crippen LogP contribution in [0.1, 0.15) is 43.4 Å². The van der Waals surface area contributed by atoms with E-state index >= 15 is 0 Å².